The highest BCUT2D eigenvalue weighted by Gasteiger charge is 2.30. The van der Waals surface area contributed by atoms with Crippen LogP contribution in [0.2, 0.25) is 0 Å². The fraction of sp³-hybridized carbons (Fsp3) is 0.529. The molecule has 2 aliphatic rings. The van der Waals surface area contributed by atoms with Gasteiger partial charge >= 0.3 is 0 Å². The van der Waals surface area contributed by atoms with Gasteiger partial charge in [0.1, 0.15) is 0 Å². The maximum absolute atomic E-state index is 13.3. The number of hydrogen-bond donors (Lipinski definition) is 0. The van der Waals surface area contributed by atoms with Crippen molar-refractivity contribution < 1.29 is 23.1 Å². The van der Waals surface area contributed by atoms with Crippen LogP contribution in [-0.2, 0) is 9.53 Å². The van der Waals surface area contributed by atoms with Crippen LogP contribution in [0.4, 0.5) is 8.78 Å². The summed E-state index contributed by atoms with van der Waals surface area (Å²) in [6, 6.07) is 3.14. The minimum Gasteiger partial charge on any atom is -0.381 e. The van der Waals surface area contributed by atoms with Crippen molar-refractivity contribution in [1.82, 2.24) is 9.80 Å². The Morgan fingerprint density at radius 1 is 0.958 bits per heavy atom. The zero-order chi connectivity index (χ0) is 17.1. The van der Waals surface area contributed by atoms with Gasteiger partial charge in [-0.1, -0.05) is 0 Å². The number of amides is 2. The van der Waals surface area contributed by atoms with Gasteiger partial charge in [-0.25, -0.2) is 8.78 Å². The summed E-state index contributed by atoms with van der Waals surface area (Å²) in [5.41, 5.74) is 0.123. The number of ether oxygens (including phenoxy) is 1. The van der Waals surface area contributed by atoms with Gasteiger partial charge in [0.15, 0.2) is 11.6 Å². The Balaban J connectivity index is 1.57. The van der Waals surface area contributed by atoms with Crippen LogP contribution >= 0.6 is 0 Å². The van der Waals surface area contributed by atoms with Crippen LogP contribution in [0, 0.1) is 17.6 Å². The van der Waals surface area contributed by atoms with E-state index in [4.69, 9.17) is 4.74 Å². The number of halogens is 2. The zero-order valence-corrected chi connectivity index (χ0v) is 13.3. The van der Waals surface area contributed by atoms with Crippen LogP contribution in [-0.4, -0.2) is 61.0 Å². The van der Waals surface area contributed by atoms with Crippen molar-refractivity contribution >= 4 is 11.8 Å². The van der Waals surface area contributed by atoms with Crippen molar-refractivity contribution in [2.24, 2.45) is 5.92 Å². The Labute approximate surface area is 139 Å². The van der Waals surface area contributed by atoms with E-state index in [2.05, 4.69) is 0 Å². The summed E-state index contributed by atoms with van der Waals surface area (Å²) in [7, 11) is 0. The van der Waals surface area contributed by atoms with Gasteiger partial charge in [0.2, 0.25) is 5.91 Å². The molecule has 2 saturated heterocycles. The molecule has 2 aliphatic heterocycles. The standard InChI is InChI=1S/C17H20F2N2O3/c18-14-2-1-13(11-15(14)19)17(23)21-7-5-20(6-8-21)16(22)12-3-9-24-10-4-12/h1-2,11-12H,3-10H2. The molecule has 1 aromatic rings. The van der Waals surface area contributed by atoms with Crippen LogP contribution in [0.5, 0.6) is 0 Å². The lowest BCUT2D eigenvalue weighted by molar-refractivity contribution is -0.140. The van der Waals surface area contributed by atoms with Crippen molar-refractivity contribution in [2.45, 2.75) is 12.8 Å². The summed E-state index contributed by atoms with van der Waals surface area (Å²) in [6.45, 7) is 2.95. The van der Waals surface area contributed by atoms with Crippen molar-refractivity contribution in [3.8, 4) is 0 Å². The molecule has 2 heterocycles. The number of carbonyl (C=O) groups excluding carboxylic acids is 2. The summed E-state index contributed by atoms with van der Waals surface area (Å²) < 4.78 is 31.5. The van der Waals surface area contributed by atoms with E-state index in [0.717, 1.165) is 25.0 Å². The molecule has 2 fully saturated rings. The lowest BCUT2D eigenvalue weighted by Gasteiger charge is -2.37. The number of carbonyl (C=O) groups is 2. The van der Waals surface area contributed by atoms with Gasteiger partial charge in [-0.05, 0) is 31.0 Å². The van der Waals surface area contributed by atoms with E-state index in [9.17, 15) is 18.4 Å². The lowest BCUT2D eigenvalue weighted by atomic mass is 9.98. The van der Waals surface area contributed by atoms with E-state index >= 15 is 0 Å². The summed E-state index contributed by atoms with van der Waals surface area (Å²) in [5, 5.41) is 0. The highest BCUT2D eigenvalue weighted by molar-refractivity contribution is 5.94. The van der Waals surface area contributed by atoms with Crippen molar-refractivity contribution in [3.05, 3.63) is 35.4 Å². The Morgan fingerprint density at radius 2 is 1.58 bits per heavy atom. The number of benzene rings is 1. The molecule has 0 N–H and O–H groups in total. The number of nitrogens with zero attached hydrogens (tertiary/aromatic N) is 2. The number of rotatable bonds is 2. The van der Waals surface area contributed by atoms with Crippen molar-refractivity contribution in [1.29, 1.82) is 0 Å². The minimum absolute atomic E-state index is 0.00666. The largest absolute Gasteiger partial charge is 0.381 e. The van der Waals surface area contributed by atoms with E-state index in [1.807, 2.05) is 0 Å². The molecule has 130 valence electrons. The molecular formula is C17H20F2N2O3. The molecular weight excluding hydrogens is 318 g/mol. The van der Waals surface area contributed by atoms with E-state index in [1.54, 1.807) is 9.80 Å². The second-order valence-electron chi connectivity index (χ2n) is 6.13. The molecule has 0 aromatic heterocycles. The molecule has 0 radical (unpaired) electrons. The quantitative estimate of drug-likeness (QED) is 0.824. The smallest absolute Gasteiger partial charge is 0.254 e. The summed E-state index contributed by atoms with van der Waals surface area (Å²) in [5.74, 6) is -2.22. The second-order valence-corrected chi connectivity index (χ2v) is 6.13. The topological polar surface area (TPSA) is 49.9 Å². The SMILES string of the molecule is O=C(c1ccc(F)c(F)c1)N1CCN(C(=O)C2CCOCC2)CC1. The highest BCUT2D eigenvalue weighted by Crippen LogP contribution is 2.19. The van der Waals surface area contributed by atoms with Gasteiger partial charge in [-0.3, -0.25) is 9.59 Å². The molecule has 3 rings (SSSR count). The van der Waals surface area contributed by atoms with Gasteiger partial charge in [-0.15, -0.1) is 0 Å². The third-order valence-corrected chi connectivity index (χ3v) is 4.62. The van der Waals surface area contributed by atoms with E-state index < -0.39 is 11.6 Å². The minimum atomic E-state index is -1.03. The molecule has 0 spiro atoms. The molecule has 0 atom stereocenters. The molecule has 0 unspecified atom stereocenters. The van der Waals surface area contributed by atoms with Gasteiger partial charge in [0, 0.05) is 50.9 Å². The Bertz CT molecular complexity index is 624. The third kappa shape index (κ3) is 3.56. The Kier molecular flexibility index (Phi) is 5.08. The lowest BCUT2D eigenvalue weighted by Crippen LogP contribution is -2.52. The average Bonchev–Trinajstić information content (AvgIpc) is 2.63. The third-order valence-electron chi connectivity index (χ3n) is 4.62. The molecule has 0 saturated carbocycles. The normalized spacial score (nSPS) is 19.4. The monoisotopic (exact) mass is 338 g/mol. The first-order valence-corrected chi connectivity index (χ1v) is 8.17. The van der Waals surface area contributed by atoms with Crippen LogP contribution in [0.1, 0.15) is 23.2 Å². The fourth-order valence-corrected chi connectivity index (χ4v) is 3.14. The number of piperazine rings is 1. The van der Waals surface area contributed by atoms with E-state index in [-0.39, 0.29) is 23.3 Å². The maximum Gasteiger partial charge on any atom is 0.254 e. The van der Waals surface area contributed by atoms with Crippen LogP contribution < -0.4 is 0 Å². The summed E-state index contributed by atoms with van der Waals surface area (Å²) in [4.78, 5) is 28.2. The second kappa shape index (κ2) is 7.25. The molecule has 0 aliphatic carbocycles. The molecule has 2 amide bonds. The average molecular weight is 338 g/mol. The first kappa shape index (κ1) is 16.8. The first-order chi connectivity index (χ1) is 11.6. The van der Waals surface area contributed by atoms with Crippen LogP contribution in [0.25, 0.3) is 0 Å². The summed E-state index contributed by atoms with van der Waals surface area (Å²) >= 11 is 0. The molecule has 1 aromatic carbocycles. The van der Waals surface area contributed by atoms with Crippen LogP contribution in [0.3, 0.4) is 0 Å². The van der Waals surface area contributed by atoms with Gasteiger partial charge in [-0.2, -0.15) is 0 Å². The van der Waals surface area contributed by atoms with E-state index in [0.29, 0.717) is 39.4 Å². The predicted molar refractivity (Wildman–Crippen MR) is 82.4 cm³/mol. The molecule has 7 heteroatoms. The highest BCUT2D eigenvalue weighted by atomic mass is 19.2. The Morgan fingerprint density at radius 3 is 2.21 bits per heavy atom. The van der Waals surface area contributed by atoms with Crippen molar-refractivity contribution in [2.75, 3.05) is 39.4 Å². The van der Waals surface area contributed by atoms with Crippen molar-refractivity contribution in [3.63, 3.8) is 0 Å². The summed E-state index contributed by atoms with van der Waals surface area (Å²) in [6.07, 6.45) is 1.49. The zero-order valence-electron chi connectivity index (χ0n) is 13.3. The van der Waals surface area contributed by atoms with Gasteiger partial charge < -0.3 is 14.5 Å². The number of hydrogen-bond acceptors (Lipinski definition) is 3. The van der Waals surface area contributed by atoms with Gasteiger partial charge in [0.25, 0.3) is 5.91 Å². The molecule has 24 heavy (non-hydrogen) atoms. The first-order valence-electron chi connectivity index (χ1n) is 8.17. The molecule has 5 nitrogen and oxygen atoms in total. The molecule has 0 bridgehead atoms. The van der Waals surface area contributed by atoms with Crippen LogP contribution in [0.15, 0.2) is 18.2 Å². The Hall–Kier alpha value is -2.02. The van der Waals surface area contributed by atoms with E-state index in [1.165, 1.54) is 6.07 Å². The van der Waals surface area contributed by atoms with Gasteiger partial charge in [0.05, 0.1) is 0 Å². The maximum atomic E-state index is 13.3. The fourth-order valence-electron chi connectivity index (χ4n) is 3.14. The predicted octanol–water partition coefficient (Wildman–Crippen LogP) is 1.68.